The predicted molar refractivity (Wildman–Crippen MR) is 64.4 cm³/mol. The lowest BCUT2D eigenvalue weighted by atomic mass is 10.0. The van der Waals surface area contributed by atoms with Crippen molar-refractivity contribution in [3.8, 4) is 0 Å². The standard InChI is InChI=1S/C13H19NO2/c1-3-10-4-6-11(7-5-10)8-13(15)12(14)9-16-2/h4-7,12H,3,8-9,14H2,1-2H3. The number of benzene rings is 1. The number of hydrogen-bond donors (Lipinski definition) is 1. The van der Waals surface area contributed by atoms with Crippen molar-refractivity contribution in [2.75, 3.05) is 13.7 Å². The van der Waals surface area contributed by atoms with Crippen molar-refractivity contribution in [2.45, 2.75) is 25.8 Å². The van der Waals surface area contributed by atoms with Crippen LogP contribution in [0.4, 0.5) is 0 Å². The molecule has 1 aromatic rings. The first-order valence-electron chi connectivity index (χ1n) is 5.52. The van der Waals surface area contributed by atoms with Gasteiger partial charge in [-0.05, 0) is 17.5 Å². The molecule has 1 rings (SSSR count). The van der Waals surface area contributed by atoms with Gasteiger partial charge in [0.25, 0.3) is 0 Å². The number of aryl methyl sites for hydroxylation is 1. The number of methoxy groups -OCH3 is 1. The maximum absolute atomic E-state index is 11.7. The number of rotatable bonds is 6. The Morgan fingerprint density at radius 3 is 2.38 bits per heavy atom. The van der Waals surface area contributed by atoms with E-state index < -0.39 is 6.04 Å². The van der Waals surface area contributed by atoms with Crippen LogP contribution in [0.2, 0.25) is 0 Å². The molecule has 0 radical (unpaired) electrons. The molecule has 0 aromatic heterocycles. The van der Waals surface area contributed by atoms with Crippen molar-refractivity contribution in [1.29, 1.82) is 0 Å². The van der Waals surface area contributed by atoms with E-state index in [-0.39, 0.29) is 12.4 Å². The molecule has 3 nitrogen and oxygen atoms in total. The van der Waals surface area contributed by atoms with Crippen molar-refractivity contribution in [3.63, 3.8) is 0 Å². The van der Waals surface area contributed by atoms with Crippen LogP contribution < -0.4 is 5.73 Å². The molecule has 0 bridgehead atoms. The number of ether oxygens (including phenoxy) is 1. The quantitative estimate of drug-likeness (QED) is 0.788. The van der Waals surface area contributed by atoms with E-state index in [1.165, 1.54) is 5.56 Å². The van der Waals surface area contributed by atoms with E-state index in [2.05, 4.69) is 6.92 Å². The van der Waals surface area contributed by atoms with E-state index in [1.807, 2.05) is 24.3 Å². The normalized spacial score (nSPS) is 12.4. The van der Waals surface area contributed by atoms with Crippen LogP contribution in [-0.4, -0.2) is 25.5 Å². The van der Waals surface area contributed by atoms with Gasteiger partial charge in [0, 0.05) is 13.5 Å². The van der Waals surface area contributed by atoms with E-state index in [0.717, 1.165) is 12.0 Å². The van der Waals surface area contributed by atoms with Gasteiger partial charge in [-0.25, -0.2) is 0 Å². The van der Waals surface area contributed by atoms with Crippen LogP contribution in [0.15, 0.2) is 24.3 Å². The van der Waals surface area contributed by atoms with E-state index >= 15 is 0 Å². The van der Waals surface area contributed by atoms with Gasteiger partial charge < -0.3 is 10.5 Å². The van der Waals surface area contributed by atoms with Crippen molar-refractivity contribution >= 4 is 5.78 Å². The summed E-state index contributed by atoms with van der Waals surface area (Å²) in [7, 11) is 1.54. The minimum absolute atomic E-state index is 0.0195. The Bertz CT molecular complexity index is 332. The first kappa shape index (κ1) is 12.9. The molecule has 0 fully saturated rings. The zero-order valence-electron chi connectivity index (χ0n) is 9.90. The molecule has 1 atom stereocenters. The maximum Gasteiger partial charge on any atom is 0.156 e. The Hall–Kier alpha value is -1.19. The van der Waals surface area contributed by atoms with Gasteiger partial charge in [-0.15, -0.1) is 0 Å². The van der Waals surface area contributed by atoms with Gasteiger partial charge in [0.1, 0.15) is 0 Å². The SMILES string of the molecule is CCc1ccc(CC(=O)C(N)COC)cc1. The average molecular weight is 221 g/mol. The molecule has 1 unspecified atom stereocenters. The number of carbonyl (C=O) groups is 1. The van der Waals surface area contributed by atoms with Crippen molar-refractivity contribution < 1.29 is 9.53 Å². The van der Waals surface area contributed by atoms with E-state index in [4.69, 9.17) is 10.5 Å². The molecule has 16 heavy (non-hydrogen) atoms. The fourth-order valence-electron chi connectivity index (χ4n) is 1.50. The van der Waals surface area contributed by atoms with Gasteiger partial charge in [0.15, 0.2) is 5.78 Å². The fraction of sp³-hybridized carbons (Fsp3) is 0.462. The van der Waals surface area contributed by atoms with E-state index in [9.17, 15) is 4.79 Å². The Labute approximate surface area is 96.6 Å². The van der Waals surface area contributed by atoms with Crippen LogP contribution >= 0.6 is 0 Å². The summed E-state index contributed by atoms with van der Waals surface area (Å²) >= 11 is 0. The van der Waals surface area contributed by atoms with Gasteiger partial charge in [-0.2, -0.15) is 0 Å². The molecule has 0 saturated heterocycles. The van der Waals surface area contributed by atoms with Crippen molar-refractivity contribution in [3.05, 3.63) is 35.4 Å². The summed E-state index contributed by atoms with van der Waals surface area (Å²) in [6.45, 7) is 2.39. The second kappa shape index (κ2) is 6.40. The smallest absolute Gasteiger partial charge is 0.156 e. The molecule has 88 valence electrons. The topological polar surface area (TPSA) is 52.3 Å². The van der Waals surface area contributed by atoms with Crippen LogP contribution in [0.1, 0.15) is 18.1 Å². The maximum atomic E-state index is 11.7. The minimum Gasteiger partial charge on any atom is -0.383 e. The van der Waals surface area contributed by atoms with E-state index in [0.29, 0.717) is 6.42 Å². The Balaban J connectivity index is 2.55. The highest BCUT2D eigenvalue weighted by molar-refractivity contribution is 5.86. The lowest BCUT2D eigenvalue weighted by Gasteiger charge is -2.09. The molecule has 1 aromatic carbocycles. The molecule has 0 amide bonds. The number of nitrogens with two attached hydrogens (primary N) is 1. The second-order valence-corrected chi connectivity index (χ2v) is 3.87. The second-order valence-electron chi connectivity index (χ2n) is 3.87. The number of hydrogen-bond acceptors (Lipinski definition) is 3. The fourth-order valence-corrected chi connectivity index (χ4v) is 1.50. The molecule has 3 heteroatoms. The van der Waals surface area contributed by atoms with Gasteiger partial charge in [0.05, 0.1) is 12.6 Å². The zero-order valence-corrected chi connectivity index (χ0v) is 9.90. The summed E-state index contributed by atoms with van der Waals surface area (Å²) in [6.07, 6.45) is 1.39. The molecular formula is C13H19NO2. The van der Waals surface area contributed by atoms with Gasteiger partial charge in [-0.3, -0.25) is 4.79 Å². The lowest BCUT2D eigenvalue weighted by Crippen LogP contribution is -2.35. The number of ketones is 1. The Morgan fingerprint density at radius 2 is 1.88 bits per heavy atom. The molecular weight excluding hydrogens is 202 g/mol. The third-order valence-electron chi connectivity index (χ3n) is 2.57. The summed E-state index contributed by atoms with van der Waals surface area (Å²) in [5.41, 5.74) is 7.94. The van der Waals surface area contributed by atoms with Crippen LogP contribution in [-0.2, 0) is 22.4 Å². The molecule has 0 aliphatic carbocycles. The van der Waals surface area contributed by atoms with Crippen LogP contribution in [0, 0.1) is 0 Å². The highest BCUT2D eigenvalue weighted by Crippen LogP contribution is 2.06. The van der Waals surface area contributed by atoms with E-state index in [1.54, 1.807) is 7.11 Å². The minimum atomic E-state index is -0.518. The van der Waals surface area contributed by atoms with Gasteiger partial charge in [-0.1, -0.05) is 31.2 Å². The van der Waals surface area contributed by atoms with Gasteiger partial charge >= 0.3 is 0 Å². The predicted octanol–water partition coefficient (Wildman–Crippen LogP) is 1.33. The molecule has 0 saturated carbocycles. The third-order valence-corrected chi connectivity index (χ3v) is 2.57. The average Bonchev–Trinajstić information content (AvgIpc) is 2.30. The molecule has 0 aliphatic heterocycles. The van der Waals surface area contributed by atoms with Crippen LogP contribution in [0.3, 0.4) is 0 Å². The largest absolute Gasteiger partial charge is 0.383 e. The first-order valence-corrected chi connectivity index (χ1v) is 5.52. The number of Topliss-reactive ketones (excluding diaryl/α,β-unsaturated/α-hetero) is 1. The molecule has 0 heterocycles. The molecule has 0 aliphatic rings. The Morgan fingerprint density at radius 1 is 1.31 bits per heavy atom. The third kappa shape index (κ3) is 3.76. The Kier molecular flexibility index (Phi) is 5.15. The zero-order chi connectivity index (χ0) is 12.0. The summed E-state index contributed by atoms with van der Waals surface area (Å²) in [6, 6.07) is 7.54. The lowest BCUT2D eigenvalue weighted by molar-refractivity contribution is -0.120. The summed E-state index contributed by atoms with van der Waals surface area (Å²) in [5.74, 6) is 0.0195. The van der Waals surface area contributed by atoms with Crippen LogP contribution in [0.25, 0.3) is 0 Å². The molecule has 0 spiro atoms. The summed E-state index contributed by atoms with van der Waals surface area (Å²) in [4.78, 5) is 11.7. The van der Waals surface area contributed by atoms with Crippen molar-refractivity contribution in [2.24, 2.45) is 5.73 Å². The van der Waals surface area contributed by atoms with Crippen molar-refractivity contribution in [1.82, 2.24) is 0 Å². The first-order chi connectivity index (χ1) is 7.67. The highest BCUT2D eigenvalue weighted by Gasteiger charge is 2.13. The van der Waals surface area contributed by atoms with Crippen LogP contribution in [0.5, 0.6) is 0 Å². The summed E-state index contributed by atoms with van der Waals surface area (Å²) < 4.78 is 4.85. The molecule has 2 N–H and O–H groups in total. The monoisotopic (exact) mass is 221 g/mol. The summed E-state index contributed by atoms with van der Waals surface area (Å²) in [5, 5.41) is 0. The van der Waals surface area contributed by atoms with Gasteiger partial charge in [0.2, 0.25) is 0 Å². The highest BCUT2D eigenvalue weighted by atomic mass is 16.5. The number of carbonyl (C=O) groups excluding carboxylic acids is 1.